The fourth-order valence-corrected chi connectivity index (χ4v) is 12.8. The topological polar surface area (TPSA) is 6.48 Å². The summed E-state index contributed by atoms with van der Waals surface area (Å²) < 4.78 is 0. The molecule has 3 aliphatic carbocycles. The molecule has 0 bridgehead atoms. The van der Waals surface area contributed by atoms with Crippen molar-refractivity contribution in [3.05, 3.63) is 250 Å². The molecule has 2 heteroatoms. The number of benzene rings is 9. The first kappa shape index (κ1) is 42.0. The zero-order chi connectivity index (χ0) is 47.2. The minimum Gasteiger partial charge on any atom is -0.314 e. The van der Waals surface area contributed by atoms with E-state index in [9.17, 15) is 0 Å². The molecule has 2 nitrogen and oxygen atoms in total. The van der Waals surface area contributed by atoms with Crippen LogP contribution in [0.2, 0.25) is 0 Å². The second-order valence-electron chi connectivity index (χ2n) is 21.0. The summed E-state index contributed by atoms with van der Waals surface area (Å²) >= 11 is 0. The maximum absolute atomic E-state index is 2.55. The van der Waals surface area contributed by atoms with E-state index in [-0.39, 0.29) is 5.41 Å². The zero-order valence-electron chi connectivity index (χ0n) is 40.7. The molecule has 9 aromatic carbocycles. The lowest BCUT2D eigenvalue weighted by molar-refractivity contribution is 0.660. The van der Waals surface area contributed by atoms with Crippen molar-refractivity contribution in [2.75, 3.05) is 9.80 Å². The standard InChI is InChI=1S/C69H56N2/c1-69(2)63-40-46(22-35-61(63)62-38-34-58(44-64(62)69)71-67-17-9-5-13-49(67)26-27-50-14-6-10-18-68(50)71)20-19-45-21-23-52-41-53(29-28-51(52)39-45)54-32-36-59-55(42-54)30-31-56-43-57(33-37-60(56)59)70-65-15-7-3-11-47(65)24-25-48-12-4-8-16-66(48)70/h3-5,7,9-13,15,17-23,28-44H,6,8,14,16,24-27H2,1-2H3/b20-19+. The largest absolute Gasteiger partial charge is 0.314 e. The molecule has 0 saturated carbocycles. The Labute approximate surface area is 417 Å². The first-order valence-corrected chi connectivity index (χ1v) is 25.9. The lowest BCUT2D eigenvalue weighted by Gasteiger charge is -2.31. The summed E-state index contributed by atoms with van der Waals surface area (Å²) in [6.07, 6.45) is 22.8. The van der Waals surface area contributed by atoms with Gasteiger partial charge in [-0.1, -0.05) is 159 Å². The Bertz CT molecular complexity index is 3870. The quantitative estimate of drug-likeness (QED) is 0.125. The van der Waals surface area contributed by atoms with Gasteiger partial charge in [-0.15, -0.1) is 0 Å². The smallest absolute Gasteiger partial charge is 0.0493 e. The minimum absolute atomic E-state index is 0.130. The van der Waals surface area contributed by atoms with Gasteiger partial charge in [0.15, 0.2) is 0 Å². The highest BCUT2D eigenvalue weighted by Gasteiger charge is 2.37. The van der Waals surface area contributed by atoms with Crippen LogP contribution in [0.5, 0.6) is 0 Å². The molecular formula is C69H56N2. The van der Waals surface area contributed by atoms with E-state index in [1.165, 1.54) is 128 Å². The molecule has 0 aromatic heterocycles. The molecule has 342 valence electrons. The van der Waals surface area contributed by atoms with Gasteiger partial charge in [-0.25, -0.2) is 0 Å². The van der Waals surface area contributed by atoms with E-state index in [4.69, 9.17) is 0 Å². The molecule has 0 atom stereocenters. The molecule has 0 unspecified atom stereocenters. The number of rotatable bonds is 5. The van der Waals surface area contributed by atoms with Crippen molar-refractivity contribution in [2.45, 2.75) is 70.6 Å². The van der Waals surface area contributed by atoms with E-state index < -0.39 is 0 Å². The number of fused-ring (bicyclic) bond motifs is 9. The molecule has 2 aliphatic heterocycles. The fourth-order valence-electron chi connectivity index (χ4n) is 12.8. The third-order valence-corrected chi connectivity index (χ3v) is 16.5. The molecular weight excluding hydrogens is 857 g/mol. The van der Waals surface area contributed by atoms with Crippen LogP contribution in [0.1, 0.15) is 85.8 Å². The lowest BCUT2D eigenvalue weighted by atomic mass is 9.81. The molecule has 0 spiro atoms. The first-order valence-electron chi connectivity index (χ1n) is 25.9. The molecule has 0 radical (unpaired) electrons. The van der Waals surface area contributed by atoms with Gasteiger partial charge in [-0.2, -0.15) is 0 Å². The SMILES string of the molecule is CC1(C)c2cc(/C=C/c3ccc4cc(-c5ccc6c(ccc7cc(N8C9=C(C=CCC9)CCc9ccccc98)ccc76)c5)ccc4c3)ccc2-c2ccc(N3C4=C(CCC=C4)CCc4ccccc43)cc21. The average molecular weight is 913 g/mol. The average Bonchev–Trinajstić information content (AvgIpc) is 3.54. The number of para-hydroxylation sites is 2. The Hall–Kier alpha value is -7.94. The highest BCUT2D eigenvalue weighted by Crippen LogP contribution is 2.52. The number of hydrogen-bond acceptors (Lipinski definition) is 2. The van der Waals surface area contributed by atoms with Crippen molar-refractivity contribution in [1.29, 1.82) is 0 Å². The molecule has 71 heavy (non-hydrogen) atoms. The number of hydrogen-bond donors (Lipinski definition) is 0. The fraction of sp³-hybridized carbons (Fsp3) is 0.159. The van der Waals surface area contributed by atoms with Crippen LogP contribution in [0.15, 0.2) is 217 Å². The Morgan fingerprint density at radius 3 is 1.85 bits per heavy atom. The molecule has 0 amide bonds. The van der Waals surface area contributed by atoms with E-state index in [2.05, 4.69) is 230 Å². The maximum atomic E-state index is 2.55. The van der Waals surface area contributed by atoms with Crippen LogP contribution >= 0.6 is 0 Å². The van der Waals surface area contributed by atoms with Gasteiger partial charge < -0.3 is 9.80 Å². The van der Waals surface area contributed by atoms with Crippen LogP contribution in [0.25, 0.3) is 66.7 Å². The predicted octanol–water partition coefficient (Wildman–Crippen LogP) is 18.7. The van der Waals surface area contributed by atoms with Gasteiger partial charge in [0.25, 0.3) is 0 Å². The Kier molecular flexibility index (Phi) is 9.82. The third kappa shape index (κ3) is 7.06. The van der Waals surface area contributed by atoms with Gasteiger partial charge in [-0.05, 0) is 211 Å². The maximum Gasteiger partial charge on any atom is 0.0493 e. The van der Waals surface area contributed by atoms with Crippen molar-refractivity contribution in [2.24, 2.45) is 0 Å². The lowest BCUT2D eigenvalue weighted by Crippen LogP contribution is -2.20. The Morgan fingerprint density at radius 2 is 1.01 bits per heavy atom. The van der Waals surface area contributed by atoms with E-state index >= 15 is 0 Å². The summed E-state index contributed by atoms with van der Waals surface area (Å²) in [6, 6.07) is 64.7. The number of nitrogens with zero attached hydrogens (tertiary/aromatic N) is 2. The van der Waals surface area contributed by atoms with Gasteiger partial charge in [0.2, 0.25) is 0 Å². The van der Waals surface area contributed by atoms with Gasteiger partial charge >= 0.3 is 0 Å². The molecule has 0 N–H and O–H groups in total. The van der Waals surface area contributed by atoms with E-state index in [0.717, 1.165) is 51.4 Å². The molecule has 5 aliphatic rings. The van der Waals surface area contributed by atoms with Crippen molar-refractivity contribution in [1.82, 2.24) is 0 Å². The van der Waals surface area contributed by atoms with Crippen molar-refractivity contribution in [3.63, 3.8) is 0 Å². The van der Waals surface area contributed by atoms with Crippen LogP contribution in [-0.4, -0.2) is 0 Å². The monoisotopic (exact) mass is 912 g/mol. The van der Waals surface area contributed by atoms with Crippen LogP contribution < -0.4 is 9.80 Å². The van der Waals surface area contributed by atoms with Crippen LogP contribution in [0.4, 0.5) is 22.7 Å². The van der Waals surface area contributed by atoms with Crippen LogP contribution in [0, 0.1) is 0 Å². The summed E-state index contributed by atoms with van der Waals surface area (Å²) in [5.74, 6) is 0. The van der Waals surface area contributed by atoms with Crippen molar-refractivity contribution < 1.29 is 0 Å². The van der Waals surface area contributed by atoms with Crippen molar-refractivity contribution in [3.8, 4) is 22.3 Å². The second kappa shape index (κ2) is 16.6. The Balaban J connectivity index is 0.717. The summed E-state index contributed by atoms with van der Waals surface area (Å²) in [7, 11) is 0. The molecule has 0 fully saturated rings. The highest BCUT2D eigenvalue weighted by molar-refractivity contribution is 6.09. The number of anilines is 4. The number of aryl methyl sites for hydroxylation is 2. The van der Waals surface area contributed by atoms with E-state index in [1.54, 1.807) is 5.57 Å². The van der Waals surface area contributed by atoms with Gasteiger partial charge in [0.1, 0.15) is 0 Å². The summed E-state index contributed by atoms with van der Waals surface area (Å²) in [5, 5.41) is 7.63. The van der Waals surface area contributed by atoms with E-state index in [1.807, 2.05) is 0 Å². The Morgan fingerprint density at radius 1 is 0.437 bits per heavy atom. The normalized spacial score (nSPS) is 16.8. The minimum atomic E-state index is -0.130. The van der Waals surface area contributed by atoms with Crippen LogP contribution in [0.3, 0.4) is 0 Å². The third-order valence-electron chi connectivity index (χ3n) is 16.5. The summed E-state index contributed by atoms with van der Waals surface area (Å²) in [6.45, 7) is 4.81. The van der Waals surface area contributed by atoms with Gasteiger partial charge in [0.05, 0.1) is 0 Å². The van der Waals surface area contributed by atoms with Gasteiger partial charge in [-0.3, -0.25) is 0 Å². The van der Waals surface area contributed by atoms with E-state index in [0.29, 0.717) is 0 Å². The van der Waals surface area contributed by atoms with Crippen LogP contribution in [-0.2, 0) is 18.3 Å². The summed E-state index contributed by atoms with van der Waals surface area (Å²) in [4.78, 5) is 5.09. The predicted molar refractivity (Wildman–Crippen MR) is 302 cm³/mol. The summed E-state index contributed by atoms with van der Waals surface area (Å²) in [5.41, 5.74) is 24.1. The second-order valence-corrected chi connectivity index (χ2v) is 21.0. The highest BCUT2D eigenvalue weighted by atomic mass is 15.2. The molecule has 0 saturated heterocycles. The van der Waals surface area contributed by atoms with Crippen molar-refractivity contribution >= 4 is 67.2 Å². The first-order chi connectivity index (χ1) is 34.9. The van der Waals surface area contributed by atoms with Gasteiger partial charge in [0, 0.05) is 39.6 Å². The zero-order valence-corrected chi connectivity index (χ0v) is 40.7. The molecule has 9 aromatic rings. The molecule has 2 heterocycles. The number of allylic oxidation sites excluding steroid dienone is 7. The molecule has 14 rings (SSSR count).